The van der Waals surface area contributed by atoms with E-state index in [4.69, 9.17) is 14.6 Å². The van der Waals surface area contributed by atoms with Crippen molar-refractivity contribution >= 4 is 5.97 Å². The fourth-order valence-electron chi connectivity index (χ4n) is 0.995. The number of rotatable bonds is 9. The largest absolute Gasteiger partial charge is 0.480 e. The summed E-state index contributed by atoms with van der Waals surface area (Å²) in [6.45, 7) is 5.63. The van der Waals surface area contributed by atoms with E-state index >= 15 is 0 Å². The van der Waals surface area contributed by atoms with Crippen LogP contribution in [0.15, 0.2) is 0 Å². The van der Waals surface area contributed by atoms with Crippen LogP contribution in [0.5, 0.6) is 0 Å². The molecule has 0 aliphatic heterocycles. The van der Waals surface area contributed by atoms with Crippen LogP contribution in [-0.4, -0.2) is 50.1 Å². The first-order chi connectivity index (χ1) is 7.06. The maximum atomic E-state index is 10.9. The molecule has 0 heterocycles. The van der Waals surface area contributed by atoms with E-state index in [0.717, 1.165) is 0 Å². The van der Waals surface area contributed by atoms with Gasteiger partial charge in [0, 0.05) is 13.7 Å². The average Bonchev–Trinajstić information content (AvgIpc) is 2.22. The molecule has 0 bridgehead atoms. The minimum absolute atomic E-state index is 0.492. The lowest BCUT2D eigenvalue weighted by Crippen LogP contribution is -2.50. The van der Waals surface area contributed by atoms with E-state index in [1.807, 2.05) is 6.92 Å². The van der Waals surface area contributed by atoms with Gasteiger partial charge in [0.1, 0.15) is 5.54 Å². The van der Waals surface area contributed by atoms with Gasteiger partial charge >= 0.3 is 5.97 Å². The highest BCUT2D eigenvalue weighted by atomic mass is 16.5. The predicted octanol–water partition coefficient (Wildman–Crippen LogP) is 0.492. The maximum absolute atomic E-state index is 10.9. The molecule has 0 aliphatic rings. The van der Waals surface area contributed by atoms with Crippen molar-refractivity contribution in [2.24, 2.45) is 0 Å². The third kappa shape index (κ3) is 5.71. The van der Waals surface area contributed by atoms with Crippen molar-refractivity contribution in [3.63, 3.8) is 0 Å². The van der Waals surface area contributed by atoms with Crippen molar-refractivity contribution in [2.45, 2.75) is 25.8 Å². The van der Waals surface area contributed by atoms with Gasteiger partial charge in [0.25, 0.3) is 0 Å². The van der Waals surface area contributed by atoms with Crippen LogP contribution in [-0.2, 0) is 14.3 Å². The van der Waals surface area contributed by atoms with Crippen molar-refractivity contribution < 1.29 is 19.4 Å². The van der Waals surface area contributed by atoms with Gasteiger partial charge < -0.3 is 14.6 Å². The summed E-state index contributed by atoms with van der Waals surface area (Å²) < 4.78 is 10.0. The number of nitrogens with one attached hydrogen (secondary N) is 1. The summed E-state index contributed by atoms with van der Waals surface area (Å²) in [6.07, 6.45) is 0.542. The van der Waals surface area contributed by atoms with Crippen LogP contribution in [0.2, 0.25) is 0 Å². The van der Waals surface area contributed by atoms with Gasteiger partial charge in [-0.3, -0.25) is 10.1 Å². The predicted molar refractivity (Wildman–Crippen MR) is 57.0 cm³/mol. The summed E-state index contributed by atoms with van der Waals surface area (Å²) >= 11 is 0. The second-order valence-corrected chi connectivity index (χ2v) is 3.52. The molecule has 1 unspecified atom stereocenters. The van der Waals surface area contributed by atoms with Gasteiger partial charge in [0.05, 0.1) is 19.8 Å². The van der Waals surface area contributed by atoms with Crippen LogP contribution in [0.4, 0.5) is 0 Å². The Labute approximate surface area is 90.8 Å². The fourth-order valence-corrected chi connectivity index (χ4v) is 0.995. The number of aliphatic carboxylic acids is 1. The zero-order valence-electron chi connectivity index (χ0n) is 9.71. The van der Waals surface area contributed by atoms with E-state index < -0.39 is 11.5 Å². The second kappa shape index (κ2) is 7.62. The van der Waals surface area contributed by atoms with Crippen LogP contribution >= 0.6 is 0 Å². The molecule has 0 aromatic carbocycles. The molecule has 5 nitrogen and oxygen atoms in total. The molecule has 0 amide bonds. The molecule has 0 rings (SSSR count). The van der Waals surface area contributed by atoms with E-state index in [9.17, 15) is 4.79 Å². The quantitative estimate of drug-likeness (QED) is 0.552. The van der Waals surface area contributed by atoms with Crippen LogP contribution < -0.4 is 5.32 Å². The summed E-state index contributed by atoms with van der Waals surface area (Å²) in [5.74, 6) is -0.832. The van der Waals surface area contributed by atoms with Gasteiger partial charge in [-0.2, -0.15) is 0 Å². The molecule has 15 heavy (non-hydrogen) atoms. The zero-order valence-corrected chi connectivity index (χ0v) is 9.71. The lowest BCUT2D eigenvalue weighted by molar-refractivity contribution is -0.144. The Morgan fingerprint density at radius 1 is 1.40 bits per heavy atom. The van der Waals surface area contributed by atoms with Crippen molar-refractivity contribution in [3.05, 3.63) is 0 Å². The minimum atomic E-state index is -0.857. The number of hydrogen-bond acceptors (Lipinski definition) is 4. The van der Waals surface area contributed by atoms with Crippen molar-refractivity contribution in [1.82, 2.24) is 5.32 Å². The SMILES string of the molecule is CCC(C)(NCCOCCOC)C(=O)O. The lowest BCUT2D eigenvalue weighted by atomic mass is 9.99. The number of ether oxygens (including phenoxy) is 2. The molecule has 1 atom stereocenters. The molecule has 0 radical (unpaired) electrons. The number of methoxy groups -OCH3 is 1. The highest BCUT2D eigenvalue weighted by Gasteiger charge is 2.29. The molecule has 0 saturated carbocycles. The maximum Gasteiger partial charge on any atom is 0.323 e. The van der Waals surface area contributed by atoms with Crippen LogP contribution in [0, 0.1) is 0 Å². The Morgan fingerprint density at radius 3 is 2.53 bits per heavy atom. The molecular weight excluding hydrogens is 198 g/mol. The van der Waals surface area contributed by atoms with Crippen molar-refractivity contribution in [2.75, 3.05) is 33.5 Å². The highest BCUT2D eigenvalue weighted by Crippen LogP contribution is 2.08. The van der Waals surface area contributed by atoms with Crippen molar-refractivity contribution in [1.29, 1.82) is 0 Å². The van der Waals surface area contributed by atoms with Crippen LogP contribution in [0.25, 0.3) is 0 Å². The Kier molecular flexibility index (Phi) is 7.29. The number of carbonyl (C=O) groups is 1. The Morgan fingerprint density at radius 2 is 2.07 bits per heavy atom. The second-order valence-electron chi connectivity index (χ2n) is 3.52. The summed E-state index contributed by atoms with van der Waals surface area (Å²) in [5, 5.41) is 11.9. The normalized spacial score (nSPS) is 14.9. The summed E-state index contributed by atoms with van der Waals surface area (Å²) in [5.41, 5.74) is -0.857. The van der Waals surface area contributed by atoms with Crippen molar-refractivity contribution in [3.8, 4) is 0 Å². The van der Waals surface area contributed by atoms with Crippen LogP contribution in [0.3, 0.4) is 0 Å². The first-order valence-electron chi connectivity index (χ1n) is 5.12. The molecule has 0 aliphatic carbocycles. The fraction of sp³-hybridized carbons (Fsp3) is 0.900. The van der Waals surface area contributed by atoms with E-state index in [-0.39, 0.29) is 0 Å². The average molecular weight is 219 g/mol. The summed E-state index contributed by atoms with van der Waals surface area (Å²) in [7, 11) is 1.61. The smallest absolute Gasteiger partial charge is 0.323 e. The number of carboxylic acid groups (broad SMARTS) is 1. The summed E-state index contributed by atoms with van der Waals surface area (Å²) in [4.78, 5) is 10.9. The van der Waals surface area contributed by atoms with Gasteiger partial charge in [-0.05, 0) is 13.3 Å². The molecule has 2 N–H and O–H groups in total. The van der Waals surface area contributed by atoms with E-state index in [1.165, 1.54) is 0 Å². The third-order valence-corrected chi connectivity index (χ3v) is 2.37. The standard InChI is InChI=1S/C10H21NO4/c1-4-10(2,9(12)13)11-5-6-15-8-7-14-3/h11H,4-8H2,1-3H3,(H,12,13). The Bertz CT molecular complexity index is 186. The van der Waals surface area contributed by atoms with Gasteiger partial charge in [-0.15, -0.1) is 0 Å². The summed E-state index contributed by atoms with van der Waals surface area (Å²) in [6, 6.07) is 0. The van der Waals surface area contributed by atoms with E-state index in [0.29, 0.717) is 32.8 Å². The molecule has 0 saturated heterocycles. The monoisotopic (exact) mass is 219 g/mol. The molecule has 90 valence electrons. The van der Waals surface area contributed by atoms with Gasteiger partial charge in [0.15, 0.2) is 0 Å². The highest BCUT2D eigenvalue weighted by molar-refractivity contribution is 5.78. The molecule has 0 fully saturated rings. The number of hydrogen-bond donors (Lipinski definition) is 2. The van der Waals surface area contributed by atoms with E-state index in [1.54, 1.807) is 14.0 Å². The number of carboxylic acids is 1. The molecule has 0 aromatic heterocycles. The Balaban J connectivity index is 3.60. The minimum Gasteiger partial charge on any atom is -0.480 e. The third-order valence-electron chi connectivity index (χ3n) is 2.37. The molecule has 5 heteroatoms. The van der Waals surface area contributed by atoms with Gasteiger partial charge in [0.2, 0.25) is 0 Å². The topological polar surface area (TPSA) is 67.8 Å². The van der Waals surface area contributed by atoms with Crippen LogP contribution in [0.1, 0.15) is 20.3 Å². The Hall–Kier alpha value is -0.650. The first-order valence-corrected chi connectivity index (χ1v) is 5.12. The van der Waals surface area contributed by atoms with Gasteiger partial charge in [-0.1, -0.05) is 6.92 Å². The van der Waals surface area contributed by atoms with Gasteiger partial charge in [-0.25, -0.2) is 0 Å². The zero-order chi connectivity index (χ0) is 11.7. The molecular formula is C10H21NO4. The molecule has 0 spiro atoms. The molecule has 0 aromatic rings. The first kappa shape index (κ1) is 14.3. The van der Waals surface area contributed by atoms with E-state index in [2.05, 4.69) is 5.32 Å². The lowest BCUT2D eigenvalue weighted by Gasteiger charge is -2.24.